The summed E-state index contributed by atoms with van der Waals surface area (Å²) in [5, 5.41) is 9.43. The van der Waals surface area contributed by atoms with Gasteiger partial charge in [0.15, 0.2) is 5.16 Å². The summed E-state index contributed by atoms with van der Waals surface area (Å²) in [6.45, 7) is 2.05. The number of hydrogen-bond donors (Lipinski definition) is 0. The second-order valence-electron chi connectivity index (χ2n) is 3.46. The van der Waals surface area contributed by atoms with Crippen LogP contribution in [0.2, 0.25) is 0 Å². The van der Waals surface area contributed by atoms with Gasteiger partial charge in [-0.1, -0.05) is 27.7 Å². The van der Waals surface area contributed by atoms with E-state index in [4.69, 9.17) is 5.26 Å². The Labute approximate surface area is 113 Å². The number of imidazole rings is 1. The first kappa shape index (κ1) is 12.2. The van der Waals surface area contributed by atoms with Crippen molar-refractivity contribution in [2.24, 2.45) is 0 Å². The van der Waals surface area contributed by atoms with Gasteiger partial charge in [-0.3, -0.25) is 4.57 Å². The molecule has 2 rings (SSSR count). The number of aromatic nitrogens is 2. The zero-order chi connectivity index (χ0) is 12.3. The van der Waals surface area contributed by atoms with Crippen LogP contribution in [-0.2, 0) is 0 Å². The lowest BCUT2D eigenvalue weighted by Crippen LogP contribution is -1.96. The van der Waals surface area contributed by atoms with Crippen molar-refractivity contribution >= 4 is 27.7 Å². The van der Waals surface area contributed by atoms with Gasteiger partial charge in [-0.25, -0.2) is 4.98 Å². The molecule has 5 heteroatoms. The van der Waals surface area contributed by atoms with Crippen LogP contribution in [-0.4, -0.2) is 15.3 Å². The Balaban J connectivity index is 2.36. The second kappa shape index (κ2) is 5.39. The second-order valence-corrected chi connectivity index (χ2v) is 5.26. The third-order valence-electron chi connectivity index (χ3n) is 2.29. The monoisotopic (exact) mass is 307 g/mol. The lowest BCUT2D eigenvalue weighted by Gasteiger charge is -2.08. The fraction of sp³-hybridized carbons (Fsp3) is 0.167. The average Bonchev–Trinajstić information content (AvgIpc) is 2.78. The Kier molecular flexibility index (Phi) is 3.87. The van der Waals surface area contributed by atoms with Gasteiger partial charge in [-0.05, 0) is 30.7 Å². The first-order valence-corrected chi connectivity index (χ1v) is 6.80. The normalized spacial score (nSPS) is 10.2. The zero-order valence-corrected chi connectivity index (χ0v) is 11.6. The summed E-state index contributed by atoms with van der Waals surface area (Å²) in [6, 6.07) is 8.23. The minimum Gasteiger partial charge on any atom is -0.295 e. The van der Waals surface area contributed by atoms with Gasteiger partial charge < -0.3 is 0 Å². The van der Waals surface area contributed by atoms with Gasteiger partial charge in [0.25, 0.3) is 0 Å². The van der Waals surface area contributed by atoms with Crippen molar-refractivity contribution in [2.45, 2.75) is 12.1 Å². The quantitative estimate of drug-likeness (QED) is 0.814. The molecule has 0 amide bonds. The molecule has 0 atom stereocenters. The summed E-state index contributed by atoms with van der Waals surface area (Å²) in [5.41, 5.74) is 2.23. The van der Waals surface area contributed by atoms with E-state index in [0.29, 0.717) is 5.75 Å². The summed E-state index contributed by atoms with van der Waals surface area (Å²) in [6.07, 6.45) is 3.65. The third kappa shape index (κ3) is 2.71. The van der Waals surface area contributed by atoms with Crippen molar-refractivity contribution in [3.05, 3.63) is 40.6 Å². The van der Waals surface area contributed by atoms with E-state index in [1.165, 1.54) is 17.3 Å². The Morgan fingerprint density at radius 1 is 1.53 bits per heavy atom. The lowest BCUT2D eigenvalue weighted by atomic mass is 10.2. The molecule has 0 radical (unpaired) electrons. The Morgan fingerprint density at radius 2 is 2.35 bits per heavy atom. The summed E-state index contributed by atoms with van der Waals surface area (Å²) in [4.78, 5) is 4.25. The molecule has 0 saturated carbocycles. The van der Waals surface area contributed by atoms with Gasteiger partial charge in [0.2, 0.25) is 0 Å². The molecular formula is C12H10BrN3S. The van der Waals surface area contributed by atoms with E-state index in [0.717, 1.165) is 15.3 Å². The fourth-order valence-corrected chi connectivity index (χ4v) is 2.35. The van der Waals surface area contributed by atoms with Crippen LogP contribution in [0.15, 0.2) is 40.2 Å². The molecule has 86 valence electrons. The molecule has 0 aliphatic carbocycles. The van der Waals surface area contributed by atoms with E-state index >= 15 is 0 Å². The largest absolute Gasteiger partial charge is 0.295 e. The maximum atomic E-state index is 8.59. The molecule has 0 aliphatic heterocycles. The summed E-state index contributed by atoms with van der Waals surface area (Å²) < 4.78 is 3.08. The molecular weight excluding hydrogens is 298 g/mol. The van der Waals surface area contributed by atoms with Crippen molar-refractivity contribution in [1.29, 1.82) is 5.26 Å². The number of benzene rings is 1. The molecule has 0 bridgehead atoms. The minimum atomic E-state index is 0.409. The lowest BCUT2D eigenvalue weighted by molar-refractivity contribution is 0.895. The number of halogens is 1. The number of thioether (sulfide) groups is 1. The van der Waals surface area contributed by atoms with Crippen molar-refractivity contribution in [3.8, 4) is 11.8 Å². The molecule has 0 N–H and O–H groups in total. The van der Waals surface area contributed by atoms with Crippen molar-refractivity contribution < 1.29 is 0 Å². The van der Waals surface area contributed by atoms with E-state index in [1.807, 2.05) is 29.8 Å². The molecule has 17 heavy (non-hydrogen) atoms. The highest BCUT2D eigenvalue weighted by atomic mass is 79.9. The maximum absolute atomic E-state index is 8.59. The van der Waals surface area contributed by atoms with Crippen molar-refractivity contribution in [1.82, 2.24) is 9.55 Å². The van der Waals surface area contributed by atoms with E-state index in [1.54, 1.807) is 6.20 Å². The van der Waals surface area contributed by atoms with Crippen LogP contribution in [0.3, 0.4) is 0 Å². The highest BCUT2D eigenvalue weighted by Gasteiger charge is 2.06. The van der Waals surface area contributed by atoms with Gasteiger partial charge in [0.1, 0.15) is 0 Å². The Hall–Kier alpha value is -1.25. The van der Waals surface area contributed by atoms with Crippen LogP contribution in [0.1, 0.15) is 5.56 Å². The Bertz CT molecular complexity index is 571. The molecule has 0 aliphatic rings. The predicted octanol–water partition coefficient (Wildman–Crippen LogP) is 3.56. The maximum Gasteiger partial charge on any atom is 0.173 e. The van der Waals surface area contributed by atoms with Crippen molar-refractivity contribution in [2.75, 3.05) is 5.75 Å². The van der Waals surface area contributed by atoms with Gasteiger partial charge in [0, 0.05) is 22.6 Å². The van der Waals surface area contributed by atoms with Gasteiger partial charge in [0.05, 0.1) is 11.8 Å². The van der Waals surface area contributed by atoms with Crippen LogP contribution in [0.4, 0.5) is 0 Å². The van der Waals surface area contributed by atoms with Crippen LogP contribution >= 0.6 is 27.7 Å². The zero-order valence-electron chi connectivity index (χ0n) is 9.22. The van der Waals surface area contributed by atoms with Crippen LogP contribution < -0.4 is 0 Å². The third-order valence-corrected chi connectivity index (χ3v) is 4.02. The molecule has 0 spiro atoms. The summed E-state index contributed by atoms with van der Waals surface area (Å²) in [5.74, 6) is 0.409. The summed E-state index contributed by atoms with van der Waals surface area (Å²) in [7, 11) is 0. The van der Waals surface area contributed by atoms with Crippen LogP contribution in [0, 0.1) is 18.3 Å². The molecule has 1 heterocycles. The predicted molar refractivity (Wildman–Crippen MR) is 72.3 cm³/mol. The number of rotatable bonds is 3. The molecule has 0 fully saturated rings. The minimum absolute atomic E-state index is 0.409. The first-order valence-electron chi connectivity index (χ1n) is 5.02. The number of nitrogens with zero attached hydrogens (tertiary/aromatic N) is 3. The molecule has 1 aromatic carbocycles. The SMILES string of the molecule is Cc1cc(-n2ccnc2SCC#N)ccc1Br. The molecule has 1 aromatic heterocycles. The van der Waals surface area contributed by atoms with E-state index in [9.17, 15) is 0 Å². The van der Waals surface area contributed by atoms with Crippen LogP contribution in [0.5, 0.6) is 0 Å². The van der Waals surface area contributed by atoms with E-state index in [2.05, 4.69) is 33.0 Å². The summed E-state index contributed by atoms with van der Waals surface area (Å²) >= 11 is 4.92. The molecule has 0 saturated heterocycles. The fourth-order valence-electron chi connectivity index (χ4n) is 1.47. The van der Waals surface area contributed by atoms with E-state index < -0.39 is 0 Å². The van der Waals surface area contributed by atoms with E-state index in [-0.39, 0.29) is 0 Å². The molecule has 2 aromatic rings. The van der Waals surface area contributed by atoms with Crippen LogP contribution in [0.25, 0.3) is 5.69 Å². The first-order chi connectivity index (χ1) is 8.22. The standard InChI is InChI=1S/C12H10BrN3S/c1-9-8-10(2-3-11(9)13)16-6-5-15-12(16)17-7-4-14/h2-3,5-6,8H,7H2,1H3. The van der Waals surface area contributed by atoms with Gasteiger partial charge in [-0.15, -0.1) is 0 Å². The Morgan fingerprint density at radius 3 is 3.06 bits per heavy atom. The topological polar surface area (TPSA) is 41.6 Å². The smallest absolute Gasteiger partial charge is 0.173 e. The number of aryl methyl sites for hydroxylation is 1. The number of nitriles is 1. The van der Waals surface area contributed by atoms with Gasteiger partial charge >= 0.3 is 0 Å². The number of hydrogen-bond acceptors (Lipinski definition) is 3. The highest BCUT2D eigenvalue weighted by molar-refractivity contribution is 9.10. The highest BCUT2D eigenvalue weighted by Crippen LogP contribution is 2.23. The molecule has 0 unspecified atom stereocenters. The van der Waals surface area contributed by atoms with Crippen molar-refractivity contribution in [3.63, 3.8) is 0 Å². The molecule has 3 nitrogen and oxygen atoms in total. The van der Waals surface area contributed by atoms with Gasteiger partial charge in [-0.2, -0.15) is 5.26 Å². The average molecular weight is 308 g/mol.